The lowest BCUT2D eigenvalue weighted by atomic mass is 9.33. The number of benzene rings is 5. The predicted octanol–water partition coefficient (Wildman–Crippen LogP) is 10.2. The third-order valence-electron chi connectivity index (χ3n) is 12.4. The SMILES string of the molecule is [2H]c1c(C2CC2)cc(C2CC2)c([2H])c1N1c2cc(C3CC3)ccc2B2c3cc(C4CC4)ccc3N(c3ccc(C4CC4)cc3)c3cccc1c32. The van der Waals surface area contributed by atoms with Crippen molar-refractivity contribution in [3.63, 3.8) is 0 Å². The van der Waals surface area contributed by atoms with Crippen LogP contribution in [0.1, 0.15) is 124 Å². The maximum atomic E-state index is 9.81. The maximum absolute atomic E-state index is 9.81. The average Bonchev–Trinajstić information content (AvgIpc) is 3.95. The van der Waals surface area contributed by atoms with Crippen LogP contribution in [-0.4, -0.2) is 6.71 Å². The summed E-state index contributed by atoms with van der Waals surface area (Å²) in [4.78, 5) is 4.91. The van der Waals surface area contributed by atoms with Crippen molar-refractivity contribution in [2.75, 3.05) is 9.80 Å². The third kappa shape index (κ3) is 4.19. The van der Waals surface area contributed by atoms with Crippen molar-refractivity contribution in [3.05, 3.63) is 125 Å². The van der Waals surface area contributed by atoms with Crippen molar-refractivity contribution in [1.29, 1.82) is 0 Å². The molecule has 3 heteroatoms. The zero-order chi connectivity index (χ0) is 32.8. The van der Waals surface area contributed by atoms with Gasteiger partial charge in [-0.3, -0.25) is 0 Å². The van der Waals surface area contributed by atoms with Gasteiger partial charge in [-0.25, -0.2) is 0 Å². The Hall–Kier alpha value is -4.24. The normalized spacial score (nSPS) is 21.4. The van der Waals surface area contributed by atoms with Gasteiger partial charge in [0.05, 0.1) is 2.74 Å². The van der Waals surface area contributed by atoms with Crippen LogP contribution in [0.5, 0.6) is 0 Å². The summed E-state index contributed by atoms with van der Waals surface area (Å²) < 4.78 is 19.6. The van der Waals surface area contributed by atoms with Gasteiger partial charge in [-0.2, -0.15) is 0 Å². The van der Waals surface area contributed by atoms with Gasteiger partial charge in [0.1, 0.15) is 0 Å². The lowest BCUT2D eigenvalue weighted by Gasteiger charge is -2.44. The van der Waals surface area contributed by atoms with Crippen LogP contribution in [0.15, 0.2) is 97.0 Å². The first-order valence-corrected chi connectivity index (χ1v) is 18.9. The summed E-state index contributed by atoms with van der Waals surface area (Å²) in [5.41, 5.74) is 17.5. The van der Waals surface area contributed by atoms with E-state index in [4.69, 9.17) is 0 Å². The van der Waals surface area contributed by atoms with E-state index in [2.05, 4.69) is 94.7 Å². The highest BCUT2D eigenvalue weighted by Crippen LogP contribution is 2.51. The monoisotopic (exact) mass is 622 g/mol. The minimum absolute atomic E-state index is 0.0919. The number of rotatable bonds is 7. The standard InChI is InChI=1S/C45H41BN2/c1-2-42-45-43(3-1)48(38-23-35(31-10-11-31)22-36(24-38)32-12-13-32)44-26-34(30-8-9-30)16-20-39(44)46(45)40-25-33(29-6-7-29)17-21-41(40)47(42)37-18-14-28(15-19-37)27-4-5-27/h1-3,14-27,29-32H,4-13H2/i23D,24D. The Kier molecular flexibility index (Phi) is 5.01. The number of nitrogens with zero attached hydrogens (tertiary/aromatic N) is 2. The highest BCUT2D eigenvalue weighted by Gasteiger charge is 2.44. The molecule has 5 saturated carbocycles. The highest BCUT2D eigenvalue weighted by molar-refractivity contribution is 7.00. The van der Waals surface area contributed by atoms with Crippen molar-refractivity contribution < 1.29 is 2.74 Å². The van der Waals surface area contributed by atoms with Crippen molar-refractivity contribution in [2.45, 2.75) is 93.8 Å². The lowest BCUT2D eigenvalue weighted by molar-refractivity contribution is 1.06. The van der Waals surface area contributed by atoms with E-state index in [9.17, 15) is 2.74 Å². The topological polar surface area (TPSA) is 6.48 Å². The van der Waals surface area contributed by atoms with Crippen molar-refractivity contribution in [2.24, 2.45) is 0 Å². The zero-order valence-electron chi connectivity index (χ0n) is 29.5. The van der Waals surface area contributed by atoms with Crippen molar-refractivity contribution in [1.82, 2.24) is 0 Å². The average molecular weight is 623 g/mol. The predicted molar refractivity (Wildman–Crippen MR) is 200 cm³/mol. The van der Waals surface area contributed by atoms with E-state index in [0.717, 1.165) is 43.0 Å². The van der Waals surface area contributed by atoms with E-state index in [1.54, 1.807) is 0 Å². The molecule has 5 aromatic carbocycles. The fraction of sp³-hybridized carbons (Fsp3) is 0.333. The highest BCUT2D eigenvalue weighted by atomic mass is 15.2. The van der Waals surface area contributed by atoms with E-state index in [1.807, 2.05) is 0 Å². The summed E-state index contributed by atoms with van der Waals surface area (Å²) in [6.45, 7) is 0.0919. The van der Waals surface area contributed by atoms with E-state index < -0.39 is 0 Å². The molecule has 48 heavy (non-hydrogen) atoms. The molecule has 5 aliphatic carbocycles. The molecule has 12 rings (SSSR count). The van der Waals surface area contributed by atoms with E-state index in [-0.39, 0.29) is 6.71 Å². The molecule has 0 aromatic heterocycles. The molecule has 5 fully saturated rings. The van der Waals surface area contributed by atoms with E-state index in [1.165, 1.54) is 105 Å². The Labute approximate surface area is 287 Å². The Bertz CT molecular complexity index is 2220. The molecule has 7 aliphatic rings. The summed E-state index contributed by atoms with van der Waals surface area (Å²) in [6, 6.07) is 34.3. The molecule has 0 unspecified atom stereocenters. The molecule has 0 radical (unpaired) electrons. The second-order valence-corrected chi connectivity index (χ2v) is 16.1. The van der Waals surface area contributed by atoms with Gasteiger partial charge >= 0.3 is 0 Å². The summed E-state index contributed by atoms with van der Waals surface area (Å²) in [5.74, 6) is 2.93. The van der Waals surface area contributed by atoms with Gasteiger partial charge in [-0.05, 0) is 186 Å². The van der Waals surface area contributed by atoms with Crippen LogP contribution < -0.4 is 26.2 Å². The van der Waals surface area contributed by atoms with Crippen LogP contribution >= 0.6 is 0 Å². The van der Waals surface area contributed by atoms with Crippen LogP contribution in [0.25, 0.3) is 0 Å². The molecule has 5 aromatic rings. The first-order valence-electron chi connectivity index (χ1n) is 19.9. The van der Waals surface area contributed by atoms with Gasteiger partial charge in [0.25, 0.3) is 6.71 Å². The molecular weight excluding hydrogens is 579 g/mol. The second kappa shape index (κ2) is 9.68. The molecule has 234 valence electrons. The zero-order valence-corrected chi connectivity index (χ0v) is 27.5. The molecule has 0 saturated heterocycles. The van der Waals surface area contributed by atoms with Crippen molar-refractivity contribution in [3.8, 4) is 0 Å². The quantitative estimate of drug-likeness (QED) is 0.163. The van der Waals surface area contributed by atoms with Crippen LogP contribution in [0.3, 0.4) is 0 Å². The van der Waals surface area contributed by atoms with Gasteiger partial charge in [0.15, 0.2) is 0 Å². The fourth-order valence-corrected chi connectivity index (χ4v) is 9.03. The van der Waals surface area contributed by atoms with Gasteiger partial charge in [-0.15, -0.1) is 0 Å². The molecule has 0 bridgehead atoms. The van der Waals surface area contributed by atoms with Crippen LogP contribution in [0, 0.1) is 0 Å². The van der Waals surface area contributed by atoms with Crippen LogP contribution in [0.2, 0.25) is 0 Å². The summed E-state index contributed by atoms with van der Waals surface area (Å²) >= 11 is 0. The minimum atomic E-state index is 0.0919. The lowest BCUT2D eigenvalue weighted by Crippen LogP contribution is -2.61. The van der Waals surface area contributed by atoms with Gasteiger partial charge in [-0.1, -0.05) is 48.5 Å². The van der Waals surface area contributed by atoms with Crippen LogP contribution in [0.4, 0.5) is 34.1 Å². The van der Waals surface area contributed by atoms with Gasteiger partial charge in [0.2, 0.25) is 0 Å². The second-order valence-electron chi connectivity index (χ2n) is 16.1. The summed E-state index contributed by atoms with van der Waals surface area (Å²) in [5, 5.41) is 0. The number of hydrogen-bond acceptors (Lipinski definition) is 2. The Morgan fingerprint density at radius 3 is 1.58 bits per heavy atom. The Morgan fingerprint density at radius 2 is 0.958 bits per heavy atom. The minimum Gasteiger partial charge on any atom is -0.311 e. The fourth-order valence-electron chi connectivity index (χ4n) is 9.03. The number of hydrogen-bond donors (Lipinski definition) is 0. The summed E-state index contributed by atoms with van der Waals surface area (Å²) in [7, 11) is 0. The molecular formula is C45H41BN2. The first-order chi connectivity index (χ1) is 24.6. The van der Waals surface area contributed by atoms with Gasteiger partial charge < -0.3 is 9.80 Å². The maximum Gasteiger partial charge on any atom is 0.252 e. The number of fused-ring (bicyclic) bond motifs is 4. The number of anilines is 6. The molecule has 0 N–H and O–H groups in total. The molecule has 2 nitrogen and oxygen atoms in total. The smallest absolute Gasteiger partial charge is 0.252 e. The third-order valence-corrected chi connectivity index (χ3v) is 12.4. The summed E-state index contributed by atoms with van der Waals surface area (Å²) in [6.07, 6.45) is 12.3. The van der Waals surface area contributed by atoms with Crippen molar-refractivity contribution >= 4 is 57.2 Å². The molecule has 0 amide bonds. The first kappa shape index (κ1) is 24.8. The Morgan fingerprint density at radius 1 is 0.438 bits per heavy atom. The largest absolute Gasteiger partial charge is 0.311 e. The van der Waals surface area contributed by atoms with E-state index >= 15 is 0 Å². The molecule has 2 heterocycles. The molecule has 2 aliphatic heterocycles. The van der Waals surface area contributed by atoms with Gasteiger partial charge in [0, 0.05) is 34.1 Å². The van der Waals surface area contributed by atoms with Crippen LogP contribution in [-0.2, 0) is 0 Å². The van der Waals surface area contributed by atoms with E-state index in [0.29, 0.717) is 35.8 Å². The molecule has 0 spiro atoms. The molecule has 0 atom stereocenters. The Balaban J connectivity index is 1.14.